The van der Waals surface area contributed by atoms with E-state index in [2.05, 4.69) is 6.92 Å². The zero-order valence-corrected chi connectivity index (χ0v) is 17.1. The van der Waals surface area contributed by atoms with Gasteiger partial charge in [0.25, 0.3) is 0 Å². The molecule has 23 heavy (non-hydrogen) atoms. The van der Waals surface area contributed by atoms with Gasteiger partial charge in [-0.05, 0) is 6.42 Å². The van der Waals surface area contributed by atoms with Crippen LogP contribution in [0.15, 0.2) is 0 Å². The first-order valence-electron chi connectivity index (χ1n) is 9.58. The third-order valence-electron chi connectivity index (χ3n) is 4.32. The predicted molar refractivity (Wildman–Crippen MR) is 105 cm³/mol. The van der Waals surface area contributed by atoms with Crippen molar-refractivity contribution in [3.05, 3.63) is 0 Å². The van der Waals surface area contributed by atoms with Crippen molar-refractivity contribution in [2.24, 2.45) is 0 Å². The van der Waals surface area contributed by atoms with Crippen LogP contribution in [0.5, 0.6) is 0 Å². The second-order valence-electron chi connectivity index (χ2n) is 6.62. The molecule has 0 N–H and O–H groups in total. The van der Waals surface area contributed by atoms with Crippen LogP contribution in [0.2, 0.25) is 0 Å². The van der Waals surface area contributed by atoms with Crippen molar-refractivity contribution in [2.45, 2.75) is 113 Å². The molecule has 0 aromatic rings. The predicted octanol–water partition coefficient (Wildman–Crippen LogP) is 8.19. The fourth-order valence-electron chi connectivity index (χ4n) is 2.80. The van der Waals surface area contributed by atoms with Crippen molar-refractivity contribution in [3.63, 3.8) is 0 Å². The van der Waals surface area contributed by atoms with Crippen LogP contribution in [0.4, 0.5) is 0 Å². The number of alkyl halides is 3. The molecule has 0 aromatic heterocycles. The van der Waals surface area contributed by atoms with E-state index in [0.29, 0.717) is 6.42 Å². The van der Waals surface area contributed by atoms with E-state index in [1.165, 1.54) is 83.5 Å². The number of unbranched alkanes of at least 4 members (excludes halogenated alkanes) is 14. The van der Waals surface area contributed by atoms with Crippen molar-refractivity contribution in [1.29, 1.82) is 0 Å². The highest BCUT2D eigenvalue weighted by Crippen LogP contribution is 2.29. The number of ketones is 1. The monoisotopic (exact) mass is 384 g/mol. The first-order valence-corrected chi connectivity index (χ1v) is 10.7. The average Bonchev–Trinajstić information content (AvgIpc) is 2.50. The number of Topliss-reactive ketones (excluding diaryl/α,β-unsaturated/α-hetero) is 1. The smallest absolute Gasteiger partial charge is 0.248 e. The van der Waals surface area contributed by atoms with Gasteiger partial charge in [-0.15, -0.1) is 0 Å². The highest BCUT2D eigenvalue weighted by Gasteiger charge is 2.29. The van der Waals surface area contributed by atoms with Gasteiger partial charge >= 0.3 is 0 Å². The van der Waals surface area contributed by atoms with E-state index in [4.69, 9.17) is 34.8 Å². The molecule has 0 fully saturated rings. The summed E-state index contributed by atoms with van der Waals surface area (Å²) in [6, 6.07) is 0. The minimum Gasteiger partial charge on any atom is -0.295 e. The Bertz CT molecular complexity index is 274. The van der Waals surface area contributed by atoms with Gasteiger partial charge in [-0.25, -0.2) is 0 Å². The maximum absolute atomic E-state index is 11.4. The summed E-state index contributed by atoms with van der Waals surface area (Å²) >= 11 is 16.6. The summed E-state index contributed by atoms with van der Waals surface area (Å²) in [6.45, 7) is 2.27. The number of halogens is 3. The van der Waals surface area contributed by atoms with Gasteiger partial charge in [-0.2, -0.15) is 0 Å². The Hall–Kier alpha value is 0.540. The Morgan fingerprint density at radius 3 is 1.22 bits per heavy atom. The van der Waals surface area contributed by atoms with E-state index in [9.17, 15) is 4.79 Å². The molecule has 1 nitrogen and oxygen atoms in total. The van der Waals surface area contributed by atoms with Gasteiger partial charge in [0.2, 0.25) is 3.79 Å². The van der Waals surface area contributed by atoms with Crippen LogP contribution in [0.3, 0.4) is 0 Å². The average molecular weight is 386 g/mol. The second kappa shape index (κ2) is 16.0. The molecule has 0 heterocycles. The molecule has 0 aliphatic carbocycles. The molecule has 0 aliphatic heterocycles. The Morgan fingerprint density at radius 2 is 0.913 bits per heavy atom. The third kappa shape index (κ3) is 17.2. The number of carbonyl (C=O) groups excluding carboxylic acids is 1. The first-order chi connectivity index (χ1) is 11.0. The van der Waals surface area contributed by atoms with E-state index in [1.807, 2.05) is 0 Å². The molecular formula is C19H35Cl3O. The molecule has 0 aliphatic rings. The number of hydrogen-bond donors (Lipinski definition) is 0. The van der Waals surface area contributed by atoms with Crippen molar-refractivity contribution >= 4 is 40.6 Å². The van der Waals surface area contributed by atoms with Gasteiger partial charge < -0.3 is 0 Å². The summed E-state index contributed by atoms with van der Waals surface area (Å²) in [5.74, 6) is -0.280. The van der Waals surface area contributed by atoms with Crippen LogP contribution in [0, 0.1) is 0 Å². The SMILES string of the molecule is CCCCCCCCCCCCCCCCCC(=O)C(Cl)(Cl)Cl. The lowest BCUT2D eigenvalue weighted by Gasteiger charge is -2.08. The highest BCUT2D eigenvalue weighted by molar-refractivity contribution is 6.76. The van der Waals surface area contributed by atoms with Crippen molar-refractivity contribution in [2.75, 3.05) is 0 Å². The minimum absolute atomic E-state index is 0.280. The van der Waals surface area contributed by atoms with Crippen LogP contribution in [-0.2, 0) is 4.79 Å². The molecule has 0 atom stereocenters. The molecule has 0 bridgehead atoms. The fourth-order valence-corrected chi connectivity index (χ4v) is 3.08. The van der Waals surface area contributed by atoms with E-state index >= 15 is 0 Å². The maximum Gasteiger partial charge on any atom is 0.248 e. The molecule has 0 radical (unpaired) electrons. The van der Waals surface area contributed by atoms with Gasteiger partial charge in [-0.1, -0.05) is 132 Å². The number of hydrogen-bond acceptors (Lipinski definition) is 1. The second-order valence-corrected chi connectivity index (χ2v) is 8.90. The topological polar surface area (TPSA) is 17.1 Å². The van der Waals surface area contributed by atoms with Crippen molar-refractivity contribution < 1.29 is 4.79 Å². The van der Waals surface area contributed by atoms with Gasteiger partial charge in [-0.3, -0.25) is 4.79 Å². The highest BCUT2D eigenvalue weighted by atomic mass is 35.6. The zero-order chi connectivity index (χ0) is 17.4. The Kier molecular flexibility index (Phi) is 16.4. The van der Waals surface area contributed by atoms with Gasteiger partial charge in [0.05, 0.1) is 0 Å². The molecule has 0 saturated heterocycles. The van der Waals surface area contributed by atoms with Crippen LogP contribution in [-0.4, -0.2) is 9.58 Å². The normalized spacial score (nSPS) is 11.8. The van der Waals surface area contributed by atoms with Crippen LogP contribution < -0.4 is 0 Å². The quantitative estimate of drug-likeness (QED) is 0.193. The van der Waals surface area contributed by atoms with Crippen LogP contribution >= 0.6 is 34.8 Å². The summed E-state index contributed by atoms with van der Waals surface area (Å²) in [5.41, 5.74) is 0. The summed E-state index contributed by atoms with van der Waals surface area (Å²) in [7, 11) is 0. The molecule has 0 amide bonds. The van der Waals surface area contributed by atoms with E-state index < -0.39 is 3.79 Å². The Balaban J connectivity index is 3.12. The molecule has 0 rings (SSSR count). The molecule has 0 aromatic carbocycles. The third-order valence-corrected chi connectivity index (χ3v) is 4.96. The maximum atomic E-state index is 11.4. The summed E-state index contributed by atoms with van der Waals surface area (Å²) < 4.78 is -1.73. The molecular weight excluding hydrogens is 351 g/mol. The first kappa shape index (κ1) is 23.5. The molecule has 0 unspecified atom stereocenters. The van der Waals surface area contributed by atoms with Crippen molar-refractivity contribution in [3.8, 4) is 0 Å². The van der Waals surface area contributed by atoms with Crippen LogP contribution in [0.25, 0.3) is 0 Å². The van der Waals surface area contributed by atoms with Crippen molar-refractivity contribution in [1.82, 2.24) is 0 Å². The van der Waals surface area contributed by atoms with Crippen LogP contribution in [0.1, 0.15) is 110 Å². The minimum atomic E-state index is -1.73. The Morgan fingerprint density at radius 1 is 0.609 bits per heavy atom. The van der Waals surface area contributed by atoms with Gasteiger partial charge in [0, 0.05) is 6.42 Å². The summed E-state index contributed by atoms with van der Waals surface area (Å²) in [4.78, 5) is 11.4. The lowest BCUT2D eigenvalue weighted by atomic mass is 10.0. The van der Waals surface area contributed by atoms with E-state index in [1.54, 1.807) is 0 Å². The lowest BCUT2D eigenvalue weighted by molar-refractivity contribution is -0.118. The molecule has 138 valence electrons. The largest absolute Gasteiger partial charge is 0.295 e. The zero-order valence-electron chi connectivity index (χ0n) is 14.9. The standard InChI is InChI=1S/C19H35Cl3O/c1-2-3-4-5-6-7-8-9-10-11-12-13-14-15-16-17-18(23)19(20,21)22/h2-17H2,1H3. The fraction of sp³-hybridized carbons (Fsp3) is 0.947. The summed E-state index contributed by atoms with van der Waals surface area (Å²) in [6.07, 6.45) is 20.0. The van der Waals surface area contributed by atoms with Gasteiger partial charge in [0.15, 0.2) is 5.78 Å². The van der Waals surface area contributed by atoms with E-state index in [0.717, 1.165) is 12.8 Å². The lowest BCUT2D eigenvalue weighted by Crippen LogP contribution is -2.18. The number of carbonyl (C=O) groups is 1. The Labute approximate surface area is 158 Å². The number of rotatable bonds is 16. The van der Waals surface area contributed by atoms with E-state index in [-0.39, 0.29) is 5.78 Å². The van der Waals surface area contributed by atoms with Gasteiger partial charge in [0.1, 0.15) is 0 Å². The molecule has 0 saturated carbocycles. The molecule has 0 spiro atoms. The molecule has 4 heteroatoms. The summed E-state index contributed by atoms with van der Waals surface area (Å²) in [5, 5.41) is 0.